The van der Waals surface area contributed by atoms with Crippen LogP contribution >= 0.6 is 11.8 Å². The van der Waals surface area contributed by atoms with Crippen molar-refractivity contribution < 1.29 is 4.79 Å². The Balaban J connectivity index is 1.71. The van der Waals surface area contributed by atoms with E-state index in [1.807, 2.05) is 42.7 Å². The lowest BCUT2D eigenvalue weighted by Crippen LogP contribution is -2.11. The van der Waals surface area contributed by atoms with Gasteiger partial charge in [-0.3, -0.25) is 4.79 Å². The largest absolute Gasteiger partial charge is 0.335 e. The van der Waals surface area contributed by atoms with Crippen molar-refractivity contribution in [3.8, 4) is 0 Å². The van der Waals surface area contributed by atoms with Gasteiger partial charge < -0.3 is 10.3 Å². The molecule has 1 aliphatic carbocycles. The molecule has 1 aliphatic rings. The zero-order valence-corrected chi connectivity index (χ0v) is 14.9. The molecule has 6 heteroatoms. The van der Waals surface area contributed by atoms with Gasteiger partial charge in [-0.15, -0.1) is 0 Å². The van der Waals surface area contributed by atoms with Crippen LogP contribution in [0.3, 0.4) is 0 Å². The predicted octanol–water partition coefficient (Wildman–Crippen LogP) is 4.59. The van der Waals surface area contributed by atoms with E-state index >= 15 is 0 Å². The fourth-order valence-electron chi connectivity index (χ4n) is 3.45. The lowest BCUT2D eigenvalue weighted by molar-refractivity contribution is 0.102. The molecule has 0 unspecified atom stereocenters. The van der Waals surface area contributed by atoms with Crippen molar-refractivity contribution in [2.45, 2.75) is 36.8 Å². The summed E-state index contributed by atoms with van der Waals surface area (Å²) < 4.78 is 0. The number of carbonyl (C=O) groups is 1. The van der Waals surface area contributed by atoms with Gasteiger partial charge in [0.25, 0.3) is 5.91 Å². The van der Waals surface area contributed by atoms with Crippen LogP contribution < -0.4 is 5.32 Å². The van der Waals surface area contributed by atoms with Gasteiger partial charge in [0.2, 0.25) is 0 Å². The van der Waals surface area contributed by atoms with Crippen molar-refractivity contribution >= 4 is 34.4 Å². The second-order valence-corrected chi connectivity index (χ2v) is 7.12. The summed E-state index contributed by atoms with van der Waals surface area (Å²) in [5.41, 5.74) is 3.13. The van der Waals surface area contributed by atoms with E-state index in [-0.39, 0.29) is 5.91 Å². The number of nitrogens with zero attached hydrogens (tertiary/aromatic N) is 2. The Morgan fingerprint density at radius 2 is 1.96 bits per heavy atom. The number of aromatic nitrogens is 3. The number of hydrogen-bond donors (Lipinski definition) is 2. The van der Waals surface area contributed by atoms with E-state index < -0.39 is 0 Å². The fourth-order valence-corrected chi connectivity index (χ4v) is 3.83. The molecule has 3 aromatic rings. The zero-order valence-electron chi connectivity index (χ0n) is 14.1. The number of aromatic amines is 1. The molecule has 25 heavy (non-hydrogen) atoms. The molecular weight excluding hydrogens is 332 g/mol. The van der Waals surface area contributed by atoms with Gasteiger partial charge in [-0.2, -0.15) is 0 Å². The molecule has 0 saturated heterocycles. The van der Waals surface area contributed by atoms with E-state index in [0.29, 0.717) is 11.6 Å². The number of hydrogen-bond acceptors (Lipinski definition) is 4. The first-order chi connectivity index (χ1) is 12.2. The van der Waals surface area contributed by atoms with Crippen LogP contribution in [0.15, 0.2) is 41.6 Å². The van der Waals surface area contributed by atoms with Crippen LogP contribution in [0.1, 0.15) is 47.8 Å². The van der Waals surface area contributed by atoms with E-state index in [1.54, 1.807) is 0 Å². The lowest BCUT2D eigenvalue weighted by atomic mass is 10.0. The molecule has 1 fully saturated rings. The second-order valence-electron chi connectivity index (χ2n) is 6.34. The normalized spacial score (nSPS) is 14.9. The summed E-state index contributed by atoms with van der Waals surface area (Å²) in [6.07, 6.45) is 6.80. The summed E-state index contributed by atoms with van der Waals surface area (Å²) in [4.78, 5) is 25.1. The van der Waals surface area contributed by atoms with E-state index in [1.165, 1.54) is 24.6 Å². The van der Waals surface area contributed by atoms with E-state index in [2.05, 4.69) is 15.3 Å². The van der Waals surface area contributed by atoms with Gasteiger partial charge in [0.15, 0.2) is 5.16 Å². The number of rotatable bonds is 4. The Morgan fingerprint density at radius 3 is 2.68 bits per heavy atom. The van der Waals surface area contributed by atoms with Crippen LogP contribution in [-0.4, -0.2) is 27.1 Å². The molecule has 0 aliphatic heterocycles. The third kappa shape index (κ3) is 3.26. The maximum absolute atomic E-state index is 12.6. The van der Waals surface area contributed by atoms with Crippen LogP contribution in [0.5, 0.6) is 0 Å². The highest BCUT2D eigenvalue weighted by atomic mass is 32.2. The molecule has 2 aromatic heterocycles. The molecule has 1 aromatic carbocycles. The van der Waals surface area contributed by atoms with Gasteiger partial charge in [0.1, 0.15) is 11.3 Å². The van der Waals surface area contributed by atoms with Crippen LogP contribution in [-0.2, 0) is 0 Å². The summed E-state index contributed by atoms with van der Waals surface area (Å²) in [6.45, 7) is 0. The highest BCUT2D eigenvalue weighted by Gasteiger charge is 2.24. The molecule has 2 heterocycles. The molecule has 0 atom stereocenters. The van der Waals surface area contributed by atoms with Crippen LogP contribution in [0.4, 0.5) is 5.69 Å². The fraction of sp³-hybridized carbons (Fsp3) is 0.316. The lowest BCUT2D eigenvalue weighted by Gasteiger charge is -2.10. The first-order valence-electron chi connectivity index (χ1n) is 8.55. The van der Waals surface area contributed by atoms with Crippen molar-refractivity contribution in [2.24, 2.45) is 0 Å². The molecule has 1 amide bonds. The van der Waals surface area contributed by atoms with E-state index in [9.17, 15) is 4.79 Å². The molecule has 4 rings (SSSR count). The molecule has 0 radical (unpaired) electrons. The van der Waals surface area contributed by atoms with Crippen LogP contribution in [0.2, 0.25) is 0 Å². The smallest absolute Gasteiger partial charge is 0.272 e. The number of carbonyl (C=O) groups excluding carboxylic acids is 1. The average molecular weight is 352 g/mol. The van der Waals surface area contributed by atoms with Gasteiger partial charge in [0.05, 0.1) is 5.69 Å². The van der Waals surface area contributed by atoms with Gasteiger partial charge in [-0.1, -0.05) is 42.8 Å². The Morgan fingerprint density at radius 1 is 1.20 bits per heavy atom. The molecule has 2 N–H and O–H groups in total. The SMILES string of the molecule is CSc1nc(C2CCCC2)c2cc(C(=O)Nc3ccccc3)[nH]c2n1. The minimum Gasteiger partial charge on any atom is -0.335 e. The topological polar surface area (TPSA) is 70.7 Å². The molecular formula is C19H20N4OS. The number of thioether (sulfide) groups is 1. The number of benzene rings is 1. The van der Waals surface area contributed by atoms with E-state index in [4.69, 9.17) is 4.98 Å². The third-order valence-electron chi connectivity index (χ3n) is 4.70. The van der Waals surface area contributed by atoms with Crippen molar-refractivity contribution in [3.63, 3.8) is 0 Å². The zero-order chi connectivity index (χ0) is 17.2. The number of H-pyrrole nitrogens is 1. The van der Waals surface area contributed by atoms with Crippen molar-refractivity contribution in [2.75, 3.05) is 11.6 Å². The molecule has 5 nitrogen and oxygen atoms in total. The van der Waals surface area contributed by atoms with Gasteiger partial charge in [0, 0.05) is 17.0 Å². The molecule has 0 bridgehead atoms. The van der Waals surface area contributed by atoms with Gasteiger partial charge in [-0.05, 0) is 37.3 Å². The van der Waals surface area contributed by atoms with E-state index in [0.717, 1.165) is 40.4 Å². The first-order valence-corrected chi connectivity index (χ1v) is 9.78. The standard InChI is InChI=1S/C19H20N4OS/c1-25-19-22-16(12-7-5-6-8-12)14-11-15(21-17(14)23-19)18(24)20-13-9-3-2-4-10-13/h2-4,9-12H,5-8H2,1H3,(H,20,24)(H,21,22,23). The molecule has 0 spiro atoms. The minimum absolute atomic E-state index is 0.160. The Kier molecular flexibility index (Phi) is 4.44. The summed E-state index contributed by atoms with van der Waals surface area (Å²) in [5, 5.41) is 4.64. The van der Waals surface area contributed by atoms with Crippen LogP contribution in [0.25, 0.3) is 11.0 Å². The number of fused-ring (bicyclic) bond motifs is 1. The first kappa shape index (κ1) is 16.1. The maximum atomic E-state index is 12.6. The highest BCUT2D eigenvalue weighted by molar-refractivity contribution is 7.98. The minimum atomic E-state index is -0.160. The number of para-hydroxylation sites is 1. The van der Waals surface area contributed by atoms with Crippen molar-refractivity contribution in [3.05, 3.63) is 47.8 Å². The maximum Gasteiger partial charge on any atom is 0.272 e. The summed E-state index contributed by atoms with van der Waals surface area (Å²) in [6, 6.07) is 11.4. The third-order valence-corrected chi connectivity index (χ3v) is 5.24. The van der Waals surface area contributed by atoms with Gasteiger partial charge >= 0.3 is 0 Å². The Labute approximate surface area is 150 Å². The monoisotopic (exact) mass is 352 g/mol. The quantitative estimate of drug-likeness (QED) is 0.532. The van der Waals surface area contributed by atoms with Crippen molar-refractivity contribution in [1.82, 2.24) is 15.0 Å². The van der Waals surface area contributed by atoms with Gasteiger partial charge in [-0.25, -0.2) is 9.97 Å². The van der Waals surface area contributed by atoms with Crippen molar-refractivity contribution in [1.29, 1.82) is 0 Å². The molecule has 128 valence electrons. The summed E-state index contributed by atoms with van der Waals surface area (Å²) in [5.74, 6) is 0.310. The highest BCUT2D eigenvalue weighted by Crippen LogP contribution is 2.37. The predicted molar refractivity (Wildman–Crippen MR) is 101 cm³/mol. The molecule has 1 saturated carbocycles. The Bertz CT molecular complexity index is 900. The average Bonchev–Trinajstić information content (AvgIpc) is 3.31. The van der Waals surface area contributed by atoms with Crippen LogP contribution in [0, 0.1) is 0 Å². The second kappa shape index (κ2) is 6.88. The summed E-state index contributed by atoms with van der Waals surface area (Å²) >= 11 is 1.53. The Hall–Kier alpha value is -2.34. The number of anilines is 1. The number of amides is 1. The summed E-state index contributed by atoms with van der Waals surface area (Å²) in [7, 11) is 0. The number of nitrogens with one attached hydrogen (secondary N) is 2.